The molecule has 0 aromatic carbocycles. The molecule has 2 saturated carbocycles. The molecule has 0 atom stereocenters. The van der Waals surface area contributed by atoms with Crippen molar-refractivity contribution in [1.29, 1.82) is 0 Å². The van der Waals surface area contributed by atoms with Gasteiger partial charge in [-0.15, -0.1) is 0 Å². The van der Waals surface area contributed by atoms with Crippen LogP contribution in [0.5, 0.6) is 0 Å². The molecule has 2 aliphatic carbocycles. The molecule has 0 aromatic heterocycles. The van der Waals surface area contributed by atoms with Crippen molar-refractivity contribution in [2.75, 3.05) is 13.1 Å². The summed E-state index contributed by atoms with van der Waals surface area (Å²) in [6.45, 7) is 6.27. The highest BCUT2D eigenvalue weighted by molar-refractivity contribution is 5.75. The topological polar surface area (TPSA) is 40.5 Å². The molecule has 110 valence electrons. The molecule has 3 nitrogen and oxygen atoms in total. The molecule has 0 bridgehead atoms. The van der Waals surface area contributed by atoms with Crippen LogP contribution in [0.4, 0.5) is 0 Å². The number of aliphatic carboxylic acids is 1. The minimum atomic E-state index is -0.559. The van der Waals surface area contributed by atoms with Crippen molar-refractivity contribution in [3.05, 3.63) is 0 Å². The van der Waals surface area contributed by atoms with Crippen LogP contribution in [0.2, 0.25) is 0 Å². The first-order valence-electron chi connectivity index (χ1n) is 8.01. The fraction of sp³-hybridized carbons (Fsp3) is 0.938. The zero-order chi connectivity index (χ0) is 13.9. The molecule has 0 aliphatic heterocycles. The lowest BCUT2D eigenvalue weighted by Crippen LogP contribution is -2.46. The summed E-state index contributed by atoms with van der Waals surface area (Å²) in [5.74, 6) is 0.273. The van der Waals surface area contributed by atoms with E-state index >= 15 is 0 Å². The summed E-state index contributed by atoms with van der Waals surface area (Å²) >= 11 is 0. The number of carboxylic acid groups (broad SMARTS) is 1. The van der Waals surface area contributed by atoms with Gasteiger partial charge >= 0.3 is 5.97 Å². The molecule has 0 spiro atoms. The maximum atomic E-state index is 11.9. The number of hydrogen-bond acceptors (Lipinski definition) is 2. The van der Waals surface area contributed by atoms with Gasteiger partial charge in [0.1, 0.15) is 0 Å². The first-order chi connectivity index (χ1) is 9.03. The summed E-state index contributed by atoms with van der Waals surface area (Å²) in [5, 5.41) is 9.77. The van der Waals surface area contributed by atoms with Crippen LogP contribution < -0.4 is 0 Å². The van der Waals surface area contributed by atoms with Gasteiger partial charge in [-0.25, -0.2) is 0 Å². The Kier molecular flexibility index (Phi) is 4.88. The molecule has 2 aliphatic rings. The molecular weight excluding hydrogens is 238 g/mol. The van der Waals surface area contributed by atoms with Crippen LogP contribution in [0.3, 0.4) is 0 Å². The van der Waals surface area contributed by atoms with Gasteiger partial charge in [-0.05, 0) is 45.4 Å². The lowest BCUT2D eigenvalue weighted by molar-refractivity contribution is -0.151. The average molecular weight is 267 g/mol. The molecule has 1 N–H and O–H groups in total. The molecule has 2 rings (SSSR count). The molecule has 0 amide bonds. The predicted octanol–water partition coefficient (Wildman–Crippen LogP) is 3.53. The standard InChI is InChI=1S/C16H29NO2/c1-13(2)17(11-14-7-8-14)12-16(15(18)19)9-5-3-4-6-10-16/h13-14H,3-12H2,1-2H3,(H,18,19). The minimum Gasteiger partial charge on any atom is -0.481 e. The summed E-state index contributed by atoms with van der Waals surface area (Å²) in [6.07, 6.45) is 9.00. The lowest BCUT2D eigenvalue weighted by Gasteiger charge is -2.37. The third-order valence-corrected chi connectivity index (χ3v) is 4.94. The normalized spacial score (nSPS) is 23.6. The van der Waals surface area contributed by atoms with E-state index in [9.17, 15) is 9.90 Å². The average Bonchev–Trinajstić information content (AvgIpc) is 3.15. The monoisotopic (exact) mass is 267 g/mol. The summed E-state index contributed by atoms with van der Waals surface area (Å²) in [7, 11) is 0. The van der Waals surface area contributed by atoms with Crippen LogP contribution >= 0.6 is 0 Å². The molecule has 19 heavy (non-hydrogen) atoms. The van der Waals surface area contributed by atoms with Crippen LogP contribution in [-0.4, -0.2) is 35.1 Å². The van der Waals surface area contributed by atoms with Crippen LogP contribution in [0.25, 0.3) is 0 Å². The maximum absolute atomic E-state index is 11.9. The van der Waals surface area contributed by atoms with Crippen molar-refractivity contribution in [2.24, 2.45) is 11.3 Å². The highest BCUT2D eigenvalue weighted by Crippen LogP contribution is 2.38. The van der Waals surface area contributed by atoms with Crippen LogP contribution in [0.1, 0.15) is 65.2 Å². The van der Waals surface area contributed by atoms with Gasteiger partial charge in [-0.3, -0.25) is 9.69 Å². The van der Waals surface area contributed by atoms with Gasteiger partial charge in [0.15, 0.2) is 0 Å². The lowest BCUT2D eigenvalue weighted by atomic mass is 9.79. The number of rotatable bonds is 6. The fourth-order valence-electron chi connectivity index (χ4n) is 3.32. The van der Waals surface area contributed by atoms with E-state index in [1.165, 1.54) is 25.7 Å². The van der Waals surface area contributed by atoms with Gasteiger partial charge in [-0.2, -0.15) is 0 Å². The largest absolute Gasteiger partial charge is 0.481 e. The Labute approximate surface area is 117 Å². The number of nitrogens with zero attached hydrogens (tertiary/aromatic N) is 1. The molecule has 0 saturated heterocycles. The van der Waals surface area contributed by atoms with Gasteiger partial charge in [0.25, 0.3) is 0 Å². The van der Waals surface area contributed by atoms with E-state index in [0.717, 1.165) is 44.7 Å². The Morgan fingerprint density at radius 3 is 2.21 bits per heavy atom. The predicted molar refractivity (Wildman–Crippen MR) is 77.2 cm³/mol. The number of hydrogen-bond donors (Lipinski definition) is 1. The Morgan fingerprint density at radius 2 is 1.79 bits per heavy atom. The van der Waals surface area contributed by atoms with Crippen molar-refractivity contribution in [1.82, 2.24) is 4.90 Å². The third-order valence-electron chi connectivity index (χ3n) is 4.94. The molecule has 0 radical (unpaired) electrons. The van der Waals surface area contributed by atoms with Gasteiger partial charge in [0.2, 0.25) is 0 Å². The SMILES string of the molecule is CC(C)N(CC1CC1)CC1(C(=O)O)CCCCCC1. The molecule has 0 unspecified atom stereocenters. The molecule has 2 fully saturated rings. The van der Waals surface area contributed by atoms with E-state index in [0.29, 0.717) is 6.04 Å². The van der Waals surface area contributed by atoms with Gasteiger partial charge in [0, 0.05) is 19.1 Å². The highest BCUT2D eigenvalue weighted by Gasteiger charge is 2.41. The van der Waals surface area contributed by atoms with Gasteiger partial charge < -0.3 is 5.11 Å². The van der Waals surface area contributed by atoms with E-state index in [4.69, 9.17) is 0 Å². The second-order valence-electron chi connectivity index (χ2n) is 6.97. The van der Waals surface area contributed by atoms with Crippen molar-refractivity contribution in [3.8, 4) is 0 Å². The van der Waals surface area contributed by atoms with Crippen LogP contribution in [0.15, 0.2) is 0 Å². The first-order valence-corrected chi connectivity index (χ1v) is 8.01. The van der Waals surface area contributed by atoms with Gasteiger partial charge in [0.05, 0.1) is 5.41 Å². The van der Waals surface area contributed by atoms with Gasteiger partial charge in [-0.1, -0.05) is 25.7 Å². The van der Waals surface area contributed by atoms with Crippen molar-refractivity contribution >= 4 is 5.97 Å². The Balaban J connectivity index is 2.05. The smallest absolute Gasteiger partial charge is 0.310 e. The van der Waals surface area contributed by atoms with Crippen molar-refractivity contribution < 1.29 is 9.90 Å². The zero-order valence-electron chi connectivity index (χ0n) is 12.5. The van der Waals surface area contributed by atoms with E-state index in [2.05, 4.69) is 18.7 Å². The van der Waals surface area contributed by atoms with E-state index in [1.807, 2.05) is 0 Å². The Hall–Kier alpha value is -0.570. The summed E-state index contributed by atoms with van der Waals surface area (Å²) < 4.78 is 0. The maximum Gasteiger partial charge on any atom is 0.310 e. The van der Waals surface area contributed by atoms with Crippen LogP contribution in [0, 0.1) is 11.3 Å². The second-order valence-corrected chi connectivity index (χ2v) is 6.97. The van der Waals surface area contributed by atoms with Crippen molar-refractivity contribution in [3.63, 3.8) is 0 Å². The quantitative estimate of drug-likeness (QED) is 0.748. The molecule has 0 aromatic rings. The number of carboxylic acids is 1. The zero-order valence-corrected chi connectivity index (χ0v) is 12.5. The van der Waals surface area contributed by atoms with E-state index in [-0.39, 0.29) is 0 Å². The number of carbonyl (C=O) groups is 1. The Morgan fingerprint density at radius 1 is 1.21 bits per heavy atom. The van der Waals surface area contributed by atoms with E-state index < -0.39 is 11.4 Å². The summed E-state index contributed by atoms with van der Waals surface area (Å²) in [6, 6.07) is 0.458. The Bertz CT molecular complexity index is 302. The summed E-state index contributed by atoms with van der Waals surface area (Å²) in [5.41, 5.74) is -0.477. The summed E-state index contributed by atoms with van der Waals surface area (Å²) in [4.78, 5) is 14.3. The minimum absolute atomic E-state index is 0.458. The van der Waals surface area contributed by atoms with E-state index in [1.54, 1.807) is 0 Å². The van der Waals surface area contributed by atoms with Crippen molar-refractivity contribution in [2.45, 2.75) is 71.3 Å². The molecule has 0 heterocycles. The molecular formula is C16H29NO2. The third kappa shape index (κ3) is 3.95. The second kappa shape index (κ2) is 6.25. The fourth-order valence-corrected chi connectivity index (χ4v) is 3.32. The first kappa shape index (κ1) is 14.8. The molecule has 3 heteroatoms. The van der Waals surface area contributed by atoms with Crippen LogP contribution in [-0.2, 0) is 4.79 Å². The highest BCUT2D eigenvalue weighted by atomic mass is 16.4.